The number of aryl methyl sites for hydroxylation is 3. The van der Waals surface area contributed by atoms with Crippen molar-refractivity contribution in [2.45, 2.75) is 20.8 Å². The van der Waals surface area contributed by atoms with E-state index in [-0.39, 0.29) is 5.91 Å². The first-order valence-corrected chi connectivity index (χ1v) is 8.99. The number of nitrogens with zero attached hydrogens (tertiary/aromatic N) is 5. The molecule has 1 aromatic heterocycles. The van der Waals surface area contributed by atoms with E-state index in [0.29, 0.717) is 13.1 Å². The summed E-state index contributed by atoms with van der Waals surface area (Å²) in [6.07, 6.45) is 0. The second-order valence-corrected chi connectivity index (χ2v) is 7.12. The molecule has 0 spiro atoms. The van der Waals surface area contributed by atoms with E-state index in [9.17, 15) is 4.79 Å². The predicted octanol–water partition coefficient (Wildman–Crippen LogP) is 2.43. The van der Waals surface area contributed by atoms with E-state index in [0.717, 1.165) is 41.7 Å². The molecule has 1 aliphatic rings. The van der Waals surface area contributed by atoms with Crippen LogP contribution in [0.2, 0.25) is 0 Å². The molecule has 2 heterocycles. The lowest BCUT2D eigenvalue weighted by Gasteiger charge is -2.36. The van der Waals surface area contributed by atoms with Gasteiger partial charge in [-0.15, -0.1) is 0 Å². The van der Waals surface area contributed by atoms with Crippen LogP contribution in [-0.4, -0.2) is 61.0 Å². The summed E-state index contributed by atoms with van der Waals surface area (Å²) in [6, 6.07) is 8.02. The number of benzene rings is 1. The van der Waals surface area contributed by atoms with E-state index >= 15 is 0 Å². The third-order valence-electron chi connectivity index (χ3n) is 4.77. The molecular weight excluding hydrogens is 326 g/mol. The SMILES string of the molecule is Cc1ccc(C(=O)N2CCN(c3cc(N(C)C)nc(C)n3)CC2)c(C)c1. The molecule has 6 heteroatoms. The minimum Gasteiger partial charge on any atom is -0.363 e. The van der Waals surface area contributed by atoms with Crippen molar-refractivity contribution in [3.63, 3.8) is 0 Å². The van der Waals surface area contributed by atoms with E-state index in [2.05, 4.69) is 20.9 Å². The van der Waals surface area contributed by atoms with Crippen LogP contribution in [0.1, 0.15) is 27.3 Å². The highest BCUT2D eigenvalue weighted by molar-refractivity contribution is 5.95. The Morgan fingerprint density at radius 2 is 1.69 bits per heavy atom. The second-order valence-electron chi connectivity index (χ2n) is 7.12. The first-order chi connectivity index (χ1) is 12.3. The monoisotopic (exact) mass is 353 g/mol. The van der Waals surface area contributed by atoms with Crippen molar-refractivity contribution in [2.75, 3.05) is 50.1 Å². The third-order valence-corrected chi connectivity index (χ3v) is 4.77. The number of anilines is 2. The van der Waals surface area contributed by atoms with E-state index in [1.165, 1.54) is 5.56 Å². The zero-order valence-corrected chi connectivity index (χ0v) is 16.3. The highest BCUT2D eigenvalue weighted by atomic mass is 16.2. The van der Waals surface area contributed by atoms with Gasteiger partial charge in [0.1, 0.15) is 17.5 Å². The van der Waals surface area contributed by atoms with E-state index < -0.39 is 0 Å². The number of carbonyl (C=O) groups is 1. The van der Waals surface area contributed by atoms with Crippen molar-refractivity contribution in [3.8, 4) is 0 Å². The lowest BCUT2D eigenvalue weighted by Crippen LogP contribution is -2.49. The highest BCUT2D eigenvalue weighted by Crippen LogP contribution is 2.20. The molecule has 1 fully saturated rings. The predicted molar refractivity (Wildman–Crippen MR) is 105 cm³/mol. The topological polar surface area (TPSA) is 52.6 Å². The summed E-state index contributed by atoms with van der Waals surface area (Å²) in [7, 11) is 3.96. The summed E-state index contributed by atoms with van der Waals surface area (Å²) in [5, 5.41) is 0. The molecule has 2 aromatic rings. The van der Waals surface area contributed by atoms with Crippen molar-refractivity contribution in [1.29, 1.82) is 0 Å². The molecule has 0 atom stereocenters. The molecule has 3 rings (SSSR count). The molecule has 1 aliphatic heterocycles. The standard InChI is InChI=1S/C20H27N5O/c1-14-6-7-17(15(2)12-14)20(26)25-10-8-24(9-11-25)19-13-18(23(4)5)21-16(3)22-19/h6-7,12-13H,8-11H2,1-5H3. The lowest BCUT2D eigenvalue weighted by molar-refractivity contribution is 0.0745. The van der Waals surface area contributed by atoms with Crippen LogP contribution in [0.4, 0.5) is 11.6 Å². The fourth-order valence-electron chi connectivity index (χ4n) is 3.29. The molecule has 0 N–H and O–H groups in total. The molecule has 6 nitrogen and oxygen atoms in total. The number of rotatable bonds is 3. The van der Waals surface area contributed by atoms with Crippen LogP contribution in [0.5, 0.6) is 0 Å². The van der Waals surface area contributed by atoms with Crippen molar-refractivity contribution < 1.29 is 4.79 Å². The number of hydrogen-bond acceptors (Lipinski definition) is 5. The summed E-state index contributed by atoms with van der Waals surface area (Å²) >= 11 is 0. The molecule has 0 saturated carbocycles. The second kappa shape index (κ2) is 7.32. The van der Waals surface area contributed by atoms with Gasteiger partial charge in [-0.1, -0.05) is 17.7 Å². The van der Waals surface area contributed by atoms with Crippen molar-refractivity contribution in [1.82, 2.24) is 14.9 Å². The zero-order valence-electron chi connectivity index (χ0n) is 16.3. The van der Waals surface area contributed by atoms with Crippen LogP contribution in [0, 0.1) is 20.8 Å². The molecular formula is C20H27N5O. The van der Waals surface area contributed by atoms with Crippen LogP contribution in [-0.2, 0) is 0 Å². The molecule has 0 unspecified atom stereocenters. The van der Waals surface area contributed by atoms with Gasteiger partial charge in [0, 0.05) is 51.9 Å². The highest BCUT2D eigenvalue weighted by Gasteiger charge is 2.24. The average molecular weight is 353 g/mol. The first kappa shape index (κ1) is 18.2. The Balaban J connectivity index is 1.70. The Kier molecular flexibility index (Phi) is 5.11. The Morgan fingerprint density at radius 3 is 2.31 bits per heavy atom. The van der Waals surface area contributed by atoms with Gasteiger partial charge in [-0.2, -0.15) is 0 Å². The molecule has 0 radical (unpaired) electrons. The summed E-state index contributed by atoms with van der Waals surface area (Å²) in [5.74, 6) is 2.72. The minimum atomic E-state index is 0.120. The normalized spacial score (nSPS) is 14.5. The zero-order chi connectivity index (χ0) is 18.8. The van der Waals surface area contributed by atoms with Gasteiger partial charge in [0.05, 0.1) is 0 Å². The Labute approximate surface area is 155 Å². The van der Waals surface area contributed by atoms with Crippen LogP contribution in [0.15, 0.2) is 24.3 Å². The molecule has 26 heavy (non-hydrogen) atoms. The number of hydrogen-bond donors (Lipinski definition) is 0. The van der Waals surface area contributed by atoms with Gasteiger partial charge in [-0.3, -0.25) is 4.79 Å². The smallest absolute Gasteiger partial charge is 0.254 e. The molecule has 1 aromatic carbocycles. The average Bonchev–Trinajstić information content (AvgIpc) is 2.61. The summed E-state index contributed by atoms with van der Waals surface area (Å²) < 4.78 is 0. The van der Waals surface area contributed by atoms with Crippen LogP contribution in [0.3, 0.4) is 0 Å². The molecule has 1 saturated heterocycles. The van der Waals surface area contributed by atoms with E-state index in [1.807, 2.05) is 62.9 Å². The summed E-state index contributed by atoms with van der Waals surface area (Å²) in [5.41, 5.74) is 3.02. The third kappa shape index (κ3) is 3.79. The van der Waals surface area contributed by atoms with E-state index in [4.69, 9.17) is 0 Å². The number of aromatic nitrogens is 2. The largest absolute Gasteiger partial charge is 0.363 e. The fraction of sp³-hybridized carbons (Fsp3) is 0.450. The molecule has 0 aliphatic carbocycles. The van der Waals surface area contributed by atoms with Crippen molar-refractivity contribution in [3.05, 3.63) is 46.8 Å². The fourth-order valence-corrected chi connectivity index (χ4v) is 3.29. The van der Waals surface area contributed by atoms with Gasteiger partial charge >= 0.3 is 0 Å². The maximum Gasteiger partial charge on any atom is 0.254 e. The van der Waals surface area contributed by atoms with Gasteiger partial charge in [0.2, 0.25) is 0 Å². The molecule has 138 valence electrons. The summed E-state index contributed by atoms with van der Waals surface area (Å²) in [6.45, 7) is 8.92. The molecule has 0 bridgehead atoms. The Morgan fingerprint density at radius 1 is 1.00 bits per heavy atom. The first-order valence-electron chi connectivity index (χ1n) is 8.99. The van der Waals surface area contributed by atoms with Crippen LogP contribution in [0.25, 0.3) is 0 Å². The lowest BCUT2D eigenvalue weighted by atomic mass is 10.0. The number of carbonyl (C=O) groups excluding carboxylic acids is 1. The number of amides is 1. The maximum absolute atomic E-state index is 12.8. The van der Waals surface area contributed by atoms with Gasteiger partial charge in [-0.25, -0.2) is 9.97 Å². The Hall–Kier alpha value is -2.63. The van der Waals surface area contributed by atoms with E-state index in [1.54, 1.807) is 0 Å². The van der Waals surface area contributed by atoms with Gasteiger partial charge in [0.15, 0.2) is 0 Å². The van der Waals surface area contributed by atoms with Crippen LogP contribution >= 0.6 is 0 Å². The maximum atomic E-state index is 12.8. The Bertz CT molecular complexity index is 810. The van der Waals surface area contributed by atoms with Gasteiger partial charge in [0.25, 0.3) is 5.91 Å². The van der Waals surface area contributed by atoms with Crippen molar-refractivity contribution in [2.24, 2.45) is 0 Å². The summed E-state index contributed by atoms with van der Waals surface area (Å²) in [4.78, 5) is 28.0. The van der Waals surface area contributed by atoms with Crippen LogP contribution < -0.4 is 9.80 Å². The van der Waals surface area contributed by atoms with Gasteiger partial charge < -0.3 is 14.7 Å². The quantitative estimate of drug-likeness (QED) is 0.848. The van der Waals surface area contributed by atoms with Gasteiger partial charge in [-0.05, 0) is 32.4 Å². The van der Waals surface area contributed by atoms with Crippen molar-refractivity contribution >= 4 is 17.5 Å². The number of piperazine rings is 1. The molecule has 1 amide bonds. The minimum absolute atomic E-state index is 0.120.